The Hall–Kier alpha value is -2.60. The molecule has 0 saturated heterocycles. The van der Waals surface area contributed by atoms with Crippen molar-refractivity contribution in [3.8, 4) is 0 Å². The van der Waals surface area contributed by atoms with Crippen molar-refractivity contribution in [3.05, 3.63) is 58.6 Å². The van der Waals surface area contributed by atoms with Crippen LogP contribution in [0.5, 0.6) is 0 Å². The maximum Gasteiger partial charge on any atom is 0.291 e. The Balaban J connectivity index is 1.65. The number of furan rings is 1. The van der Waals surface area contributed by atoms with Crippen LogP contribution < -0.4 is 5.32 Å². The Morgan fingerprint density at radius 2 is 2.00 bits per heavy atom. The molecule has 0 bridgehead atoms. The summed E-state index contributed by atoms with van der Waals surface area (Å²) in [4.78, 5) is 16.6. The van der Waals surface area contributed by atoms with Gasteiger partial charge < -0.3 is 14.2 Å². The summed E-state index contributed by atoms with van der Waals surface area (Å²) in [5, 5.41) is 3.67. The molecule has 0 radical (unpaired) electrons. The summed E-state index contributed by atoms with van der Waals surface area (Å²) in [6, 6.07) is 12.6. The van der Waals surface area contributed by atoms with E-state index in [1.807, 2.05) is 18.2 Å². The fourth-order valence-corrected chi connectivity index (χ4v) is 2.91. The minimum absolute atomic E-state index is 0.253. The number of halogens is 1. The number of benzene rings is 2. The molecule has 2 aromatic heterocycles. The molecule has 6 heteroatoms. The summed E-state index contributed by atoms with van der Waals surface area (Å²) < 4.78 is 11.9. The summed E-state index contributed by atoms with van der Waals surface area (Å²) in [5.41, 5.74) is 2.68. The van der Waals surface area contributed by atoms with Crippen molar-refractivity contribution in [2.24, 2.45) is 0 Å². The minimum Gasteiger partial charge on any atom is -0.451 e. The van der Waals surface area contributed by atoms with E-state index in [-0.39, 0.29) is 11.7 Å². The lowest BCUT2D eigenvalue weighted by atomic mass is 10.2. The highest BCUT2D eigenvalue weighted by Crippen LogP contribution is 2.27. The average Bonchev–Trinajstić information content (AvgIpc) is 3.10. The standard InChI is InChI=1S/C17H11BrN2O3/c1-9-19-13-7-10(5-6-15(13)22-9)20-17(21)16-8-11-12(18)3-2-4-14(11)23-16/h2-8H,1H3,(H,20,21). The Bertz CT molecular complexity index is 1050. The quantitative estimate of drug-likeness (QED) is 0.544. The van der Waals surface area contributed by atoms with E-state index in [2.05, 4.69) is 26.2 Å². The summed E-state index contributed by atoms with van der Waals surface area (Å²) in [7, 11) is 0. The van der Waals surface area contributed by atoms with Gasteiger partial charge in [0.15, 0.2) is 17.2 Å². The van der Waals surface area contributed by atoms with E-state index in [1.54, 1.807) is 31.2 Å². The average molecular weight is 371 g/mol. The van der Waals surface area contributed by atoms with Crippen molar-refractivity contribution in [2.45, 2.75) is 6.92 Å². The van der Waals surface area contributed by atoms with Crippen LogP contribution in [-0.2, 0) is 0 Å². The number of oxazole rings is 1. The van der Waals surface area contributed by atoms with Crippen LogP contribution in [0.4, 0.5) is 5.69 Å². The molecule has 4 rings (SSSR count). The maximum atomic E-state index is 12.4. The number of fused-ring (bicyclic) bond motifs is 2. The van der Waals surface area contributed by atoms with Gasteiger partial charge in [0, 0.05) is 22.5 Å². The predicted octanol–water partition coefficient (Wildman–Crippen LogP) is 4.90. The molecule has 0 unspecified atom stereocenters. The lowest BCUT2D eigenvalue weighted by molar-refractivity contribution is 0.0998. The fraction of sp³-hybridized carbons (Fsp3) is 0.0588. The zero-order valence-corrected chi connectivity index (χ0v) is 13.7. The summed E-state index contributed by atoms with van der Waals surface area (Å²) >= 11 is 3.45. The first-order valence-electron chi connectivity index (χ1n) is 6.97. The Kier molecular flexibility index (Phi) is 3.20. The van der Waals surface area contributed by atoms with Crippen molar-refractivity contribution in [3.63, 3.8) is 0 Å². The van der Waals surface area contributed by atoms with Crippen molar-refractivity contribution in [1.82, 2.24) is 4.98 Å². The molecule has 5 nitrogen and oxygen atoms in total. The first-order chi connectivity index (χ1) is 11.1. The zero-order valence-electron chi connectivity index (χ0n) is 12.1. The number of rotatable bonds is 2. The van der Waals surface area contributed by atoms with E-state index in [9.17, 15) is 4.79 Å². The van der Waals surface area contributed by atoms with Crippen LogP contribution >= 0.6 is 15.9 Å². The molecular formula is C17H11BrN2O3. The second-order valence-electron chi connectivity index (χ2n) is 5.13. The molecule has 1 N–H and O–H groups in total. The molecule has 0 saturated carbocycles. The van der Waals surface area contributed by atoms with E-state index in [4.69, 9.17) is 8.83 Å². The molecule has 0 aliphatic carbocycles. The van der Waals surface area contributed by atoms with Crippen LogP contribution in [0, 0.1) is 6.92 Å². The molecule has 2 heterocycles. The lowest BCUT2D eigenvalue weighted by Crippen LogP contribution is -2.10. The topological polar surface area (TPSA) is 68.3 Å². The second-order valence-corrected chi connectivity index (χ2v) is 5.99. The van der Waals surface area contributed by atoms with Crippen molar-refractivity contribution >= 4 is 49.6 Å². The number of aryl methyl sites for hydroxylation is 1. The summed E-state index contributed by atoms with van der Waals surface area (Å²) in [6.45, 7) is 1.78. The number of amides is 1. The summed E-state index contributed by atoms with van der Waals surface area (Å²) in [6.07, 6.45) is 0. The molecule has 0 aliphatic heterocycles. The number of aromatic nitrogens is 1. The first kappa shape index (κ1) is 14.0. The lowest BCUT2D eigenvalue weighted by Gasteiger charge is -2.02. The van der Waals surface area contributed by atoms with Gasteiger partial charge in [-0.25, -0.2) is 4.98 Å². The monoisotopic (exact) mass is 370 g/mol. The minimum atomic E-state index is -0.312. The normalized spacial score (nSPS) is 11.2. The van der Waals surface area contributed by atoms with Crippen LogP contribution in [0.1, 0.15) is 16.4 Å². The highest BCUT2D eigenvalue weighted by molar-refractivity contribution is 9.10. The van der Waals surface area contributed by atoms with Crippen LogP contribution in [0.3, 0.4) is 0 Å². The second kappa shape index (κ2) is 5.24. The van der Waals surface area contributed by atoms with Gasteiger partial charge in [0.05, 0.1) is 0 Å². The molecule has 0 fully saturated rings. The van der Waals surface area contributed by atoms with Gasteiger partial charge in [0.1, 0.15) is 11.1 Å². The van der Waals surface area contributed by atoms with Crippen LogP contribution in [0.2, 0.25) is 0 Å². The number of hydrogen-bond acceptors (Lipinski definition) is 4. The molecule has 4 aromatic rings. The van der Waals surface area contributed by atoms with E-state index in [0.29, 0.717) is 28.3 Å². The van der Waals surface area contributed by atoms with E-state index >= 15 is 0 Å². The molecule has 114 valence electrons. The van der Waals surface area contributed by atoms with Gasteiger partial charge in [0.25, 0.3) is 5.91 Å². The molecule has 2 aromatic carbocycles. The van der Waals surface area contributed by atoms with Crippen LogP contribution in [0.15, 0.2) is 55.8 Å². The van der Waals surface area contributed by atoms with Gasteiger partial charge in [-0.05, 0) is 36.4 Å². The summed E-state index contributed by atoms with van der Waals surface area (Å²) in [5.74, 6) is 0.529. The van der Waals surface area contributed by atoms with E-state index in [0.717, 1.165) is 9.86 Å². The Labute approximate surface area is 139 Å². The molecule has 1 amide bonds. The molecule has 23 heavy (non-hydrogen) atoms. The third kappa shape index (κ3) is 2.51. The highest BCUT2D eigenvalue weighted by atomic mass is 79.9. The van der Waals surface area contributed by atoms with Gasteiger partial charge in [-0.2, -0.15) is 0 Å². The number of carbonyl (C=O) groups excluding carboxylic acids is 1. The zero-order chi connectivity index (χ0) is 16.0. The van der Waals surface area contributed by atoms with Crippen molar-refractivity contribution < 1.29 is 13.6 Å². The number of nitrogens with one attached hydrogen (secondary N) is 1. The van der Waals surface area contributed by atoms with Gasteiger partial charge in [0.2, 0.25) is 0 Å². The number of nitrogens with zero attached hydrogens (tertiary/aromatic N) is 1. The third-order valence-corrected chi connectivity index (χ3v) is 4.18. The van der Waals surface area contributed by atoms with Crippen molar-refractivity contribution in [2.75, 3.05) is 5.32 Å². The van der Waals surface area contributed by atoms with Gasteiger partial charge in [-0.1, -0.05) is 22.0 Å². The Morgan fingerprint density at radius 1 is 1.13 bits per heavy atom. The largest absolute Gasteiger partial charge is 0.451 e. The van der Waals surface area contributed by atoms with Gasteiger partial charge in [-0.15, -0.1) is 0 Å². The van der Waals surface area contributed by atoms with Gasteiger partial charge in [-0.3, -0.25) is 4.79 Å². The number of hydrogen-bond donors (Lipinski definition) is 1. The molecule has 0 atom stereocenters. The van der Waals surface area contributed by atoms with Crippen LogP contribution in [-0.4, -0.2) is 10.9 Å². The van der Waals surface area contributed by atoms with Crippen molar-refractivity contribution in [1.29, 1.82) is 0 Å². The maximum absolute atomic E-state index is 12.4. The van der Waals surface area contributed by atoms with E-state index in [1.165, 1.54) is 0 Å². The van der Waals surface area contributed by atoms with Gasteiger partial charge >= 0.3 is 0 Å². The Morgan fingerprint density at radius 3 is 2.83 bits per heavy atom. The fourth-order valence-electron chi connectivity index (χ4n) is 2.45. The molecule has 0 aliphatic rings. The van der Waals surface area contributed by atoms with E-state index < -0.39 is 0 Å². The molecule has 0 spiro atoms. The smallest absolute Gasteiger partial charge is 0.291 e. The third-order valence-electron chi connectivity index (χ3n) is 3.48. The number of anilines is 1. The molecular weight excluding hydrogens is 360 g/mol. The predicted molar refractivity (Wildman–Crippen MR) is 90.6 cm³/mol. The SMILES string of the molecule is Cc1nc2cc(NC(=O)c3cc4c(Br)cccc4o3)ccc2o1. The highest BCUT2D eigenvalue weighted by Gasteiger charge is 2.14. The first-order valence-corrected chi connectivity index (χ1v) is 7.76. The number of carbonyl (C=O) groups is 1. The van der Waals surface area contributed by atoms with Crippen LogP contribution in [0.25, 0.3) is 22.1 Å².